The normalized spacial score (nSPS) is 10.4. The minimum atomic E-state index is -0.521. The van der Waals surface area contributed by atoms with Gasteiger partial charge in [0, 0.05) is 43.3 Å². The van der Waals surface area contributed by atoms with E-state index in [1.807, 2.05) is 23.9 Å². The number of aromatic nitrogens is 2. The summed E-state index contributed by atoms with van der Waals surface area (Å²) >= 11 is 0. The standard InChI is InChI=1S/C13H17N5O/c1-18-10(5-7-17-18)4-6-16-9-2-3-12(14)11(8-9)13(15)19/h2-3,5,7-8,16H,4,6,14H2,1H3,(H2,15,19). The average molecular weight is 259 g/mol. The first kappa shape index (κ1) is 12.9. The van der Waals surface area contributed by atoms with E-state index < -0.39 is 5.91 Å². The highest BCUT2D eigenvalue weighted by molar-refractivity contribution is 5.98. The predicted octanol–water partition coefficient (Wildman–Crippen LogP) is 0.756. The summed E-state index contributed by atoms with van der Waals surface area (Å²) in [6.07, 6.45) is 2.61. The maximum Gasteiger partial charge on any atom is 0.250 e. The molecule has 0 atom stereocenters. The molecular weight excluding hydrogens is 242 g/mol. The summed E-state index contributed by atoms with van der Waals surface area (Å²) in [7, 11) is 1.91. The number of carbonyl (C=O) groups is 1. The molecule has 0 saturated heterocycles. The van der Waals surface area contributed by atoms with Gasteiger partial charge in [0.15, 0.2) is 0 Å². The molecule has 0 bridgehead atoms. The van der Waals surface area contributed by atoms with Crippen LogP contribution in [0.1, 0.15) is 16.1 Å². The molecule has 2 rings (SSSR count). The van der Waals surface area contributed by atoms with Crippen molar-refractivity contribution >= 4 is 17.3 Å². The molecule has 0 saturated carbocycles. The topological polar surface area (TPSA) is 99.0 Å². The van der Waals surface area contributed by atoms with Gasteiger partial charge < -0.3 is 16.8 Å². The molecule has 0 radical (unpaired) electrons. The Labute approximate surface area is 111 Å². The highest BCUT2D eigenvalue weighted by Gasteiger charge is 2.06. The minimum absolute atomic E-state index is 0.338. The zero-order valence-electron chi connectivity index (χ0n) is 10.8. The van der Waals surface area contributed by atoms with E-state index in [1.54, 1.807) is 18.3 Å². The number of nitrogens with one attached hydrogen (secondary N) is 1. The van der Waals surface area contributed by atoms with Gasteiger partial charge in [-0.3, -0.25) is 9.48 Å². The van der Waals surface area contributed by atoms with Crippen LogP contribution >= 0.6 is 0 Å². The molecule has 6 heteroatoms. The summed E-state index contributed by atoms with van der Waals surface area (Å²) in [5.41, 5.74) is 13.6. The number of hydrogen-bond acceptors (Lipinski definition) is 4. The van der Waals surface area contributed by atoms with E-state index in [0.717, 1.165) is 24.3 Å². The van der Waals surface area contributed by atoms with Gasteiger partial charge in [-0.05, 0) is 24.3 Å². The Morgan fingerprint density at radius 3 is 2.84 bits per heavy atom. The van der Waals surface area contributed by atoms with Crippen LogP contribution in [0.5, 0.6) is 0 Å². The minimum Gasteiger partial charge on any atom is -0.398 e. The first-order valence-corrected chi connectivity index (χ1v) is 5.98. The van der Waals surface area contributed by atoms with Crippen molar-refractivity contribution in [1.29, 1.82) is 0 Å². The average Bonchev–Trinajstić information content (AvgIpc) is 2.77. The second-order valence-corrected chi connectivity index (χ2v) is 4.29. The number of benzene rings is 1. The Morgan fingerprint density at radius 2 is 2.21 bits per heavy atom. The van der Waals surface area contributed by atoms with Gasteiger partial charge in [-0.25, -0.2) is 0 Å². The molecule has 6 nitrogen and oxygen atoms in total. The van der Waals surface area contributed by atoms with E-state index in [1.165, 1.54) is 0 Å². The predicted molar refractivity (Wildman–Crippen MR) is 74.8 cm³/mol. The van der Waals surface area contributed by atoms with Gasteiger partial charge in [-0.2, -0.15) is 5.10 Å². The molecule has 1 heterocycles. The molecule has 5 N–H and O–H groups in total. The van der Waals surface area contributed by atoms with Gasteiger partial charge in [0.1, 0.15) is 0 Å². The third-order valence-corrected chi connectivity index (χ3v) is 2.95. The number of hydrogen-bond donors (Lipinski definition) is 3. The van der Waals surface area contributed by atoms with Crippen LogP contribution in [0, 0.1) is 0 Å². The molecule has 2 aromatic rings. The Bertz CT molecular complexity index is 590. The first-order chi connectivity index (χ1) is 9.08. The summed E-state index contributed by atoms with van der Waals surface area (Å²) in [6, 6.07) is 7.14. The third kappa shape index (κ3) is 3.04. The van der Waals surface area contributed by atoms with Crippen molar-refractivity contribution < 1.29 is 4.79 Å². The van der Waals surface area contributed by atoms with Gasteiger partial charge >= 0.3 is 0 Å². The number of primary amides is 1. The zero-order chi connectivity index (χ0) is 13.8. The smallest absolute Gasteiger partial charge is 0.250 e. The lowest BCUT2D eigenvalue weighted by atomic mass is 10.1. The molecule has 1 aromatic heterocycles. The molecular formula is C13H17N5O. The second-order valence-electron chi connectivity index (χ2n) is 4.29. The largest absolute Gasteiger partial charge is 0.398 e. The van der Waals surface area contributed by atoms with Crippen molar-refractivity contribution in [2.75, 3.05) is 17.6 Å². The number of amides is 1. The van der Waals surface area contributed by atoms with Gasteiger partial charge in [0.2, 0.25) is 0 Å². The van der Waals surface area contributed by atoms with Crippen LogP contribution in [0.2, 0.25) is 0 Å². The molecule has 0 unspecified atom stereocenters. The number of nitrogen functional groups attached to an aromatic ring is 1. The molecule has 0 spiro atoms. The van der Waals surface area contributed by atoms with Crippen molar-refractivity contribution in [2.24, 2.45) is 12.8 Å². The van der Waals surface area contributed by atoms with E-state index in [4.69, 9.17) is 11.5 Å². The number of nitrogens with two attached hydrogens (primary N) is 2. The summed E-state index contributed by atoms with van der Waals surface area (Å²) in [5, 5.41) is 7.33. The molecule has 0 aliphatic carbocycles. The number of anilines is 2. The number of nitrogens with zero attached hydrogens (tertiary/aromatic N) is 2. The Balaban J connectivity index is 1.98. The van der Waals surface area contributed by atoms with Gasteiger partial charge in [0.25, 0.3) is 5.91 Å². The molecule has 0 aliphatic heterocycles. The summed E-state index contributed by atoms with van der Waals surface area (Å²) in [5.74, 6) is -0.521. The van der Waals surface area contributed by atoms with Crippen molar-refractivity contribution in [3.05, 3.63) is 41.7 Å². The Hall–Kier alpha value is -2.50. The Morgan fingerprint density at radius 1 is 1.42 bits per heavy atom. The molecule has 19 heavy (non-hydrogen) atoms. The lowest BCUT2D eigenvalue weighted by Gasteiger charge is -2.09. The molecule has 1 amide bonds. The molecule has 100 valence electrons. The van der Waals surface area contributed by atoms with E-state index in [9.17, 15) is 4.79 Å². The first-order valence-electron chi connectivity index (χ1n) is 5.98. The summed E-state index contributed by atoms with van der Waals surface area (Å²) in [6.45, 7) is 0.738. The van der Waals surface area contributed by atoms with Gasteiger partial charge in [-0.15, -0.1) is 0 Å². The SMILES string of the molecule is Cn1nccc1CCNc1ccc(N)c(C(N)=O)c1. The monoisotopic (exact) mass is 259 g/mol. The van der Waals surface area contributed by atoms with Gasteiger partial charge in [-0.1, -0.05) is 0 Å². The maximum absolute atomic E-state index is 11.2. The highest BCUT2D eigenvalue weighted by atomic mass is 16.1. The lowest BCUT2D eigenvalue weighted by Crippen LogP contribution is -2.14. The van der Waals surface area contributed by atoms with E-state index in [2.05, 4.69) is 10.4 Å². The van der Waals surface area contributed by atoms with Crippen LogP contribution in [-0.4, -0.2) is 22.2 Å². The molecule has 0 aliphatic rings. The van der Waals surface area contributed by atoms with Crippen LogP contribution in [0.25, 0.3) is 0 Å². The fourth-order valence-electron chi connectivity index (χ4n) is 1.86. The van der Waals surface area contributed by atoms with Crippen molar-refractivity contribution in [3.8, 4) is 0 Å². The van der Waals surface area contributed by atoms with Crippen molar-refractivity contribution in [3.63, 3.8) is 0 Å². The van der Waals surface area contributed by atoms with Crippen LogP contribution < -0.4 is 16.8 Å². The second kappa shape index (κ2) is 5.43. The van der Waals surface area contributed by atoms with Gasteiger partial charge in [0.05, 0.1) is 5.56 Å². The zero-order valence-corrected chi connectivity index (χ0v) is 10.8. The molecule has 1 aromatic carbocycles. The van der Waals surface area contributed by atoms with Crippen molar-refractivity contribution in [1.82, 2.24) is 9.78 Å². The Kier molecular flexibility index (Phi) is 3.70. The van der Waals surface area contributed by atoms with Crippen LogP contribution in [0.15, 0.2) is 30.5 Å². The quantitative estimate of drug-likeness (QED) is 0.690. The number of carbonyl (C=O) groups excluding carboxylic acids is 1. The third-order valence-electron chi connectivity index (χ3n) is 2.95. The lowest BCUT2D eigenvalue weighted by molar-refractivity contribution is 0.100. The van der Waals surface area contributed by atoms with Crippen LogP contribution in [-0.2, 0) is 13.5 Å². The maximum atomic E-state index is 11.2. The van der Waals surface area contributed by atoms with Crippen LogP contribution in [0.4, 0.5) is 11.4 Å². The fraction of sp³-hybridized carbons (Fsp3) is 0.231. The molecule has 0 fully saturated rings. The number of rotatable bonds is 5. The van der Waals surface area contributed by atoms with Crippen molar-refractivity contribution in [2.45, 2.75) is 6.42 Å². The number of aryl methyl sites for hydroxylation is 1. The van der Waals surface area contributed by atoms with E-state index >= 15 is 0 Å². The van der Waals surface area contributed by atoms with E-state index in [0.29, 0.717) is 11.3 Å². The van der Waals surface area contributed by atoms with Crippen LogP contribution in [0.3, 0.4) is 0 Å². The van der Waals surface area contributed by atoms with E-state index in [-0.39, 0.29) is 0 Å². The highest BCUT2D eigenvalue weighted by Crippen LogP contribution is 2.17. The summed E-state index contributed by atoms with van der Waals surface area (Å²) in [4.78, 5) is 11.2. The fourth-order valence-corrected chi connectivity index (χ4v) is 1.86. The summed E-state index contributed by atoms with van der Waals surface area (Å²) < 4.78 is 1.83.